The molecular formula is C13H16F2O3. The van der Waals surface area contributed by atoms with Crippen LogP contribution >= 0.6 is 0 Å². The fourth-order valence-electron chi connectivity index (χ4n) is 1.78. The summed E-state index contributed by atoms with van der Waals surface area (Å²) in [5.41, 5.74) is 0.623. The molecule has 0 atom stereocenters. The highest BCUT2D eigenvalue weighted by molar-refractivity contribution is 5.40. The Labute approximate surface area is 104 Å². The Bertz CT molecular complexity index is 423. The van der Waals surface area contributed by atoms with Gasteiger partial charge in [-0.25, -0.2) is 0 Å². The second-order valence-corrected chi connectivity index (χ2v) is 4.70. The van der Waals surface area contributed by atoms with E-state index < -0.39 is 6.11 Å². The van der Waals surface area contributed by atoms with Crippen LogP contribution in [0.5, 0.6) is 11.5 Å². The lowest BCUT2D eigenvalue weighted by Crippen LogP contribution is -2.37. The lowest BCUT2D eigenvalue weighted by atomic mass is 9.92. The molecule has 1 aliphatic rings. The molecule has 0 unspecified atom stereocenters. The van der Waals surface area contributed by atoms with E-state index in [0.717, 1.165) is 0 Å². The van der Waals surface area contributed by atoms with Crippen LogP contribution in [0, 0.1) is 6.92 Å². The standard InChI is InChI=1S/C13H16F2O3/c1-8-3-4-10(17-11-5-9(16)6-11)7-12(8)18-13(2,14)15/h3-4,7,9,11,16H,5-6H2,1-2H3. The summed E-state index contributed by atoms with van der Waals surface area (Å²) >= 11 is 0. The molecule has 5 heteroatoms. The number of ether oxygens (including phenoxy) is 2. The number of aliphatic hydroxyl groups is 1. The van der Waals surface area contributed by atoms with Crippen LogP contribution in [0.15, 0.2) is 18.2 Å². The molecule has 2 rings (SSSR count). The van der Waals surface area contributed by atoms with Crippen molar-refractivity contribution in [2.75, 3.05) is 0 Å². The second kappa shape index (κ2) is 4.72. The van der Waals surface area contributed by atoms with E-state index in [9.17, 15) is 8.78 Å². The minimum atomic E-state index is -3.21. The normalized spacial score (nSPS) is 23.4. The number of rotatable bonds is 4. The summed E-state index contributed by atoms with van der Waals surface area (Å²) in [7, 11) is 0. The van der Waals surface area contributed by atoms with E-state index in [1.165, 1.54) is 6.07 Å². The quantitative estimate of drug-likeness (QED) is 0.902. The molecule has 1 N–H and O–H groups in total. The van der Waals surface area contributed by atoms with Crippen molar-refractivity contribution < 1.29 is 23.4 Å². The van der Waals surface area contributed by atoms with Gasteiger partial charge in [0.05, 0.1) is 6.10 Å². The van der Waals surface area contributed by atoms with E-state index in [1.807, 2.05) is 0 Å². The Balaban J connectivity index is 2.06. The first kappa shape index (κ1) is 13.1. The highest BCUT2D eigenvalue weighted by atomic mass is 19.3. The van der Waals surface area contributed by atoms with E-state index in [4.69, 9.17) is 9.84 Å². The number of aliphatic hydroxyl groups excluding tert-OH is 1. The average Bonchev–Trinajstić information content (AvgIpc) is 2.18. The third kappa shape index (κ3) is 3.32. The largest absolute Gasteiger partial charge is 0.490 e. The smallest absolute Gasteiger partial charge is 0.394 e. The van der Waals surface area contributed by atoms with E-state index >= 15 is 0 Å². The van der Waals surface area contributed by atoms with Crippen LogP contribution in [-0.2, 0) is 0 Å². The molecule has 0 aromatic heterocycles. The van der Waals surface area contributed by atoms with Gasteiger partial charge in [-0.2, -0.15) is 8.78 Å². The van der Waals surface area contributed by atoms with Crippen LogP contribution in [0.2, 0.25) is 0 Å². The number of benzene rings is 1. The zero-order valence-electron chi connectivity index (χ0n) is 10.3. The molecule has 0 bridgehead atoms. The fourth-order valence-corrected chi connectivity index (χ4v) is 1.78. The minimum absolute atomic E-state index is 0.0438. The van der Waals surface area contributed by atoms with Crippen molar-refractivity contribution >= 4 is 0 Å². The van der Waals surface area contributed by atoms with Crippen LogP contribution in [0.3, 0.4) is 0 Å². The van der Waals surface area contributed by atoms with Gasteiger partial charge in [0.25, 0.3) is 0 Å². The van der Waals surface area contributed by atoms with Crippen LogP contribution in [0.1, 0.15) is 25.3 Å². The van der Waals surface area contributed by atoms with Gasteiger partial charge >= 0.3 is 6.11 Å². The first-order chi connectivity index (χ1) is 8.33. The summed E-state index contributed by atoms with van der Waals surface area (Å²) in [5, 5.41) is 9.14. The molecule has 3 nitrogen and oxygen atoms in total. The topological polar surface area (TPSA) is 38.7 Å². The predicted molar refractivity (Wildman–Crippen MR) is 62.1 cm³/mol. The summed E-state index contributed by atoms with van der Waals surface area (Å²) in [6.07, 6.45) is -2.41. The molecule has 1 fully saturated rings. The van der Waals surface area contributed by atoms with E-state index in [-0.39, 0.29) is 18.0 Å². The molecule has 18 heavy (non-hydrogen) atoms. The predicted octanol–water partition coefficient (Wildman–Crippen LogP) is 2.89. The molecule has 0 amide bonds. The van der Waals surface area contributed by atoms with Gasteiger partial charge in [0.1, 0.15) is 17.6 Å². The SMILES string of the molecule is Cc1ccc(OC2CC(O)C2)cc1OC(C)(F)F. The Morgan fingerprint density at radius 1 is 1.33 bits per heavy atom. The molecule has 0 heterocycles. The van der Waals surface area contributed by atoms with E-state index in [2.05, 4.69) is 4.74 Å². The Morgan fingerprint density at radius 2 is 2.00 bits per heavy atom. The molecule has 100 valence electrons. The van der Waals surface area contributed by atoms with Gasteiger partial charge in [-0.1, -0.05) is 6.07 Å². The third-order valence-corrected chi connectivity index (χ3v) is 2.82. The monoisotopic (exact) mass is 258 g/mol. The van der Waals surface area contributed by atoms with Crippen molar-refractivity contribution in [3.8, 4) is 11.5 Å². The fraction of sp³-hybridized carbons (Fsp3) is 0.538. The Morgan fingerprint density at radius 3 is 2.56 bits per heavy atom. The first-order valence-corrected chi connectivity index (χ1v) is 5.86. The van der Waals surface area contributed by atoms with Crippen LogP contribution in [0.4, 0.5) is 8.78 Å². The van der Waals surface area contributed by atoms with Gasteiger partial charge < -0.3 is 14.6 Å². The minimum Gasteiger partial charge on any atom is -0.490 e. The van der Waals surface area contributed by atoms with Gasteiger partial charge in [0, 0.05) is 25.8 Å². The lowest BCUT2D eigenvalue weighted by molar-refractivity contribution is -0.159. The Kier molecular flexibility index (Phi) is 3.43. The van der Waals surface area contributed by atoms with Crippen molar-refractivity contribution in [3.63, 3.8) is 0 Å². The number of aryl methyl sites for hydroxylation is 1. The van der Waals surface area contributed by atoms with E-state index in [1.54, 1.807) is 19.1 Å². The van der Waals surface area contributed by atoms with Crippen molar-refractivity contribution in [1.82, 2.24) is 0 Å². The van der Waals surface area contributed by atoms with E-state index in [0.29, 0.717) is 31.1 Å². The van der Waals surface area contributed by atoms with Gasteiger partial charge in [0.2, 0.25) is 0 Å². The molecule has 1 saturated carbocycles. The second-order valence-electron chi connectivity index (χ2n) is 4.70. The highest BCUT2D eigenvalue weighted by Crippen LogP contribution is 2.31. The number of hydrogen-bond donors (Lipinski definition) is 1. The number of hydrogen-bond acceptors (Lipinski definition) is 3. The van der Waals surface area contributed by atoms with Crippen LogP contribution in [0.25, 0.3) is 0 Å². The molecule has 0 saturated heterocycles. The maximum Gasteiger partial charge on any atom is 0.394 e. The van der Waals surface area contributed by atoms with Gasteiger partial charge in [-0.15, -0.1) is 0 Å². The first-order valence-electron chi connectivity index (χ1n) is 5.86. The van der Waals surface area contributed by atoms with Gasteiger partial charge in [-0.05, 0) is 18.6 Å². The lowest BCUT2D eigenvalue weighted by Gasteiger charge is -2.31. The molecule has 1 aromatic rings. The molecule has 0 aliphatic heterocycles. The van der Waals surface area contributed by atoms with Crippen molar-refractivity contribution in [2.45, 2.75) is 45.0 Å². The van der Waals surface area contributed by atoms with Gasteiger partial charge in [0.15, 0.2) is 0 Å². The average molecular weight is 258 g/mol. The number of alkyl halides is 2. The molecule has 1 aliphatic carbocycles. The third-order valence-electron chi connectivity index (χ3n) is 2.82. The van der Waals surface area contributed by atoms with Crippen LogP contribution in [-0.4, -0.2) is 23.4 Å². The summed E-state index contributed by atoms with van der Waals surface area (Å²) in [5.74, 6) is 0.594. The molecular weight excluding hydrogens is 242 g/mol. The maximum absolute atomic E-state index is 12.8. The molecule has 0 spiro atoms. The Hall–Kier alpha value is -1.36. The maximum atomic E-state index is 12.8. The summed E-state index contributed by atoms with van der Waals surface area (Å²) < 4.78 is 35.7. The zero-order valence-corrected chi connectivity index (χ0v) is 10.3. The number of halogens is 2. The van der Waals surface area contributed by atoms with Crippen molar-refractivity contribution in [3.05, 3.63) is 23.8 Å². The van der Waals surface area contributed by atoms with Crippen molar-refractivity contribution in [2.24, 2.45) is 0 Å². The molecule has 0 radical (unpaired) electrons. The zero-order chi connectivity index (χ0) is 13.3. The molecule has 1 aromatic carbocycles. The summed E-state index contributed by atoms with van der Waals surface area (Å²) in [4.78, 5) is 0. The van der Waals surface area contributed by atoms with Crippen molar-refractivity contribution in [1.29, 1.82) is 0 Å². The summed E-state index contributed by atoms with van der Waals surface area (Å²) in [6.45, 7) is 2.39. The highest BCUT2D eigenvalue weighted by Gasteiger charge is 2.29. The summed E-state index contributed by atoms with van der Waals surface area (Å²) in [6, 6.07) is 4.84. The van der Waals surface area contributed by atoms with Gasteiger partial charge in [-0.3, -0.25) is 0 Å². The van der Waals surface area contributed by atoms with Crippen LogP contribution < -0.4 is 9.47 Å².